The van der Waals surface area contributed by atoms with E-state index in [1.807, 2.05) is 6.92 Å². The summed E-state index contributed by atoms with van der Waals surface area (Å²) in [6.45, 7) is 4.73. The van der Waals surface area contributed by atoms with Crippen molar-refractivity contribution in [3.63, 3.8) is 0 Å². The van der Waals surface area contributed by atoms with Crippen LogP contribution in [0.5, 0.6) is 0 Å². The summed E-state index contributed by atoms with van der Waals surface area (Å²) in [5.41, 5.74) is 1.03. The van der Waals surface area contributed by atoms with Crippen LogP contribution in [-0.4, -0.2) is 32.5 Å². The van der Waals surface area contributed by atoms with Crippen LogP contribution in [0.3, 0.4) is 0 Å². The third-order valence-corrected chi connectivity index (χ3v) is 2.87. The van der Waals surface area contributed by atoms with Crippen molar-refractivity contribution in [3.05, 3.63) is 35.6 Å². The molecule has 1 aromatic carbocycles. The second-order valence-electron chi connectivity index (χ2n) is 4.07. The zero-order valence-corrected chi connectivity index (χ0v) is 9.99. The van der Waals surface area contributed by atoms with Crippen molar-refractivity contribution in [1.29, 1.82) is 0 Å². The average Bonchev–Trinajstić information content (AvgIpc) is 2.38. The van der Waals surface area contributed by atoms with E-state index in [1.54, 1.807) is 12.1 Å². The molecule has 1 aliphatic heterocycles. The Morgan fingerprint density at radius 3 is 2.71 bits per heavy atom. The van der Waals surface area contributed by atoms with Gasteiger partial charge in [-0.15, -0.1) is 0 Å². The number of halogens is 1. The molecule has 0 aliphatic carbocycles. The Kier molecular flexibility index (Phi) is 4.48. The van der Waals surface area contributed by atoms with Gasteiger partial charge in [0.05, 0.1) is 25.9 Å². The lowest BCUT2D eigenvalue weighted by Gasteiger charge is -2.31. The van der Waals surface area contributed by atoms with Crippen LogP contribution >= 0.6 is 0 Å². The van der Waals surface area contributed by atoms with Crippen molar-refractivity contribution in [2.45, 2.75) is 19.1 Å². The lowest BCUT2D eigenvalue weighted by molar-refractivity contribution is -0.102. The van der Waals surface area contributed by atoms with E-state index in [1.165, 1.54) is 12.1 Å². The van der Waals surface area contributed by atoms with Gasteiger partial charge in [-0.1, -0.05) is 19.1 Å². The highest BCUT2D eigenvalue weighted by atomic mass is 19.1. The topological polar surface area (TPSA) is 30.5 Å². The minimum atomic E-state index is -0.218. The summed E-state index contributed by atoms with van der Waals surface area (Å²) in [4.78, 5) is 0. The summed E-state index contributed by atoms with van der Waals surface area (Å²) in [5, 5.41) is 3.36. The molecule has 1 aliphatic rings. The predicted molar refractivity (Wildman–Crippen MR) is 63.4 cm³/mol. The second-order valence-corrected chi connectivity index (χ2v) is 4.07. The van der Waals surface area contributed by atoms with E-state index in [0.717, 1.165) is 12.1 Å². The summed E-state index contributed by atoms with van der Waals surface area (Å²) in [6.07, 6.45) is -0.00541. The number of nitrogens with one attached hydrogen (secondary N) is 1. The molecule has 1 heterocycles. The third-order valence-electron chi connectivity index (χ3n) is 2.87. The van der Waals surface area contributed by atoms with Crippen LogP contribution in [-0.2, 0) is 9.47 Å². The van der Waals surface area contributed by atoms with Crippen molar-refractivity contribution in [2.75, 3.05) is 26.4 Å². The van der Waals surface area contributed by atoms with Crippen LogP contribution in [0.2, 0.25) is 0 Å². The smallest absolute Gasteiger partial charge is 0.123 e. The fourth-order valence-electron chi connectivity index (χ4n) is 2.05. The zero-order chi connectivity index (χ0) is 12.1. The fraction of sp³-hybridized carbons (Fsp3) is 0.538. The molecule has 2 unspecified atom stereocenters. The Balaban J connectivity index is 2.12. The molecule has 4 heteroatoms. The number of likely N-dealkylation sites (N-methyl/N-ethyl adjacent to an activating group) is 1. The van der Waals surface area contributed by atoms with Crippen LogP contribution in [0.4, 0.5) is 4.39 Å². The summed E-state index contributed by atoms with van der Waals surface area (Å²) in [6, 6.07) is 6.59. The molecule has 1 saturated heterocycles. The maximum atomic E-state index is 12.9. The summed E-state index contributed by atoms with van der Waals surface area (Å²) < 4.78 is 24.0. The first kappa shape index (κ1) is 12.5. The van der Waals surface area contributed by atoms with Gasteiger partial charge in [0, 0.05) is 0 Å². The minimum Gasteiger partial charge on any atom is -0.376 e. The van der Waals surface area contributed by atoms with Crippen LogP contribution in [0.15, 0.2) is 24.3 Å². The molecule has 2 rings (SSSR count). The number of hydrogen-bond acceptors (Lipinski definition) is 3. The number of benzene rings is 1. The first-order chi connectivity index (χ1) is 8.31. The molecule has 0 radical (unpaired) electrons. The zero-order valence-electron chi connectivity index (χ0n) is 9.99. The van der Waals surface area contributed by atoms with Gasteiger partial charge < -0.3 is 14.8 Å². The first-order valence-electron chi connectivity index (χ1n) is 5.99. The maximum absolute atomic E-state index is 12.9. The molecule has 3 nitrogen and oxygen atoms in total. The Hall–Kier alpha value is -0.970. The van der Waals surface area contributed by atoms with Crippen molar-refractivity contribution < 1.29 is 13.9 Å². The van der Waals surface area contributed by atoms with Crippen LogP contribution < -0.4 is 5.32 Å². The first-order valence-corrected chi connectivity index (χ1v) is 5.99. The molecule has 0 amide bonds. The van der Waals surface area contributed by atoms with Gasteiger partial charge in [0.2, 0.25) is 0 Å². The maximum Gasteiger partial charge on any atom is 0.123 e. The van der Waals surface area contributed by atoms with Crippen molar-refractivity contribution >= 4 is 0 Å². The lowest BCUT2D eigenvalue weighted by atomic mass is 10.0. The van der Waals surface area contributed by atoms with E-state index < -0.39 is 0 Å². The fourth-order valence-corrected chi connectivity index (χ4v) is 2.05. The second kappa shape index (κ2) is 6.10. The highest BCUT2D eigenvalue weighted by Crippen LogP contribution is 2.21. The van der Waals surface area contributed by atoms with Gasteiger partial charge in [-0.3, -0.25) is 0 Å². The molecule has 2 atom stereocenters. The molecular formula is C13H18FNO2. The van der Waals surface area contributed by atoms with Gasteiger partial charge in [-0.05, 0) is 24.2 Å². The monoisotopic (exact) mass is 239 g/mol. The van der Waals surface area contributed by atoms with Gasteiger partial charge in [0.25, 0.3) is 0 Å². The summed E-state index contributed by atoms with van der Waals surface area (Å²) >= 11 is 0. The molecule has 0 spiro atoms. The van der Waals surface area contributed by atoms with Gasteiger partial charge in [-0.2, -0.15) is 0 Å². The Morgan fingerprint density at radius 2 is 2.12 bits per heavy atom. The van der Waals surface area contributed by atoms with Crippen molar-refractivity contribution in [1.82, 2.24) is 5.32 Å². The Labute approximate surface area is 101 Å². The quantitative estimate of drug-likeness (QED) is 0.870. The molecule has 1 fully saturated rings. The average molecular weight is 239 g/mol. The van der Waals surface area contributed by atoms with Gasteiger partial charge in [0.15, 0.2) is 0 Å². The SMILES string of the molecule is CCNC(c1ccc(F)cc1)C1COCCO1. The Bertz CT molecular complexity index is 336. The van der Waals surface area contributed by atoms with E-state index in [9.17, 15) is 4.39 Å². The number of ether oxygens (including phenoxy) is 2. The van der Waals surface area contributed by atoms with E-state index >= 15 is 0 Å². The highest BCUT2D eigenvalue weighted by molar-refractivity contribution is 5.21. The summed E-state index contributed by atoms with van der Waals surface area (Å²) in [7, 11) is 0. The Morgan fingerprint density at radius 1 is 1.35 bits per heavy atom. The van der Waals surface area contributed by atoms with E-state index in [2.05, 4.69) is 5.32 Å². The molecule has 0 bridgehead atoms. The van der Waals surface area contributed by atoms with Crippen LogP contribution in [0.25, 0.3) is 0 Å². The van der Waals surface area contributed by atoms with Gasteiger partial charge >= 0.3 is 0 Å². The van der Waals surface area contributed by atoms with Crippen LogP contribution in [0, 0.1) is 5.82 Å². The van der Waals surface area contributed by atoms with Crippen molar-refractivity contribution in [3.8, 4) is 0 Å². The van der Waals surface area contributed by atoms with Gasteiger partial charge in [0.1, 0.15) is 11.9 Å². The molecule has 0 aromatic heterocycles. The van der Waals surface area contributed by atoms with E-state index in [4.69, 9.17) is 9.47 Å². The predicted octanol–water partition coefficient (Wildman–Crippen LogP) is 1.89. The van der Waals surface area contributed by atoms with Crippen molar-refractivity contribution in [2.24, 2.45) is 0 Å². The largest absolute Gasteiger partial charge is 0.376 e. The van der Waals surface area contributed by atoms with Gasteiger partial charge in [-0.25, -0.2) is 4.39 Å². The van der Waals surface area contributed by atoms with Crippen LogP contribution in [0.1, 0.15) is 18.5 Å². The number of rotatable bonds is 4. The molecule has 1 N–H and O–H groups in total. The van der Waals surface area contributed by atoms with E-state index in [0.29, 0.717) is 19.8 Å². The molecular weight excluding hydrogens is 221 g/mol. The molecule has 94 valence electrons. The van der Waals surface area contributed by atoms with E-state index in [-0.39, 0.29) is 18.0 Å². The molecule has 17 heavy (non-hydrogen) atoms. The molecule has 0 saturated carbocycles. The third kappa shape index (κ3) is 3.25. The standard InChI is InChI=1S/C13H18FNO2/c1-2-15-13(12-9-16-7-8-17-12)10-3-5-11(14)6-4-10/h3-6,12-13,15H,2,7-9H2,1H3. The lowest BCUT2D eigenvalue weighted by Crippen LogP contribution is -2.40. The summed E-state index contributed by atoms with van der Waals surface area (Å²) in [5.74, 6) is -0.218. The normalized spacial score (nSPS) is 22.4. The molecule has 1 aromatic rings. The minimum absolute atomic E-state index is 0.00541. The highest BCUT2D eigenvalue weighted by Gasteiger charge is 2.25. The number of hydrogen-bond donors (Lipinski definition) is 1.